The SMILES string of the molecule is CCOc1cncc(N2CC(C)(N)C2)n1. The van der Waals surface area contributed by atoms with Crippen LogP contribution >= 0.6 is 0 Å². The van der Waals surface area contributed by atoms with Gasteiger partial charge in [0.05, 0.1) is 19.0 Å². The lowest BCUT2D eigenvalue weighted by atomic mass is 9.94. The monoisotopic (exact) mass is 208 g/mol. The molecule has 2 heterocycles. The van der Waals surface area contributed by atoms with E-state index in [1.807, 2.05) is 13.8 Å². The molecule has 0 aliphatic carbocycles. The smallest absolute Gasteiger partial charge is 0.234 e. The third-order valence-corrected chi connectivity index (χ3v) is 2.32. The van der Waals surface area contributed by atoms with Crippen molar-refractivity contribution in [3.05, 3.63) is 12.4 Å². The Hall–Kier alpha value is -1.36. The molecule has 5 heteroatoms. The summed E-state index contributed by atoms with van der Waals surface area (Å²) < 4.78 is 5.29. The fraction of sp³-hybridized carbons (Fsp3) is 0.600. The van der Waals surface area contributed by atoms with Gasteiger partial charge in [0.15, 0.2) is 5.82 Å². The lowest BCUT2D eigenvalue weighted by Crippen LogP contribution is -2.65. The van der Waals surface area contributed by atoms with Gasteiger partial charge in [0.2, 0.25) is 5.88 Å². The molecule has 82 valence electrons. The van der Waals surface area contributed by atoms with E-state index in [-0.39, 0.29) is 5.54 Å². The highest BCUT2D eigenvalue weighted by atomic mass is 16.5. The minimum Gasteiger partial charge on any atom is -0.477 e. The van der Waals surface area contributed by atoms with Gasteiger partial charge in [0, 0.05) is 18.6 Å². The van der Waals surface area contributed by atoms with Gasteiger partial charge in [0.25, 0.3) is 0 Å². The molecule has 1 aliphatic rings. The van der Waals surface area contributed by atoms with Gasteiger partial charge in [-0.1, -0.05) is 0 Å². The molecule has 0 amide bonds. The van der Waals surface area contributed by atoms with Gasteiger partial charge in [0.1, 0.15) is 0 Å². The maximum atomic E-state index is 5.92. The number of hydrogen-bond donors (Lipinski definition) is 1. The summed E-state index contributed by atoms with van der Waals surface area (Å²) in [6.45, 7) is 6.19. The molecule has 0 bridgehead atoms. The molecule has 2 rings (SSSR count). The summed E-state index contributed by atoms with van der Waals surface area (Å²) in [6.07, 6.45) is 3.35. The molecular formula is C10H16N4O. The Labute approximate surface area is 89.3 Å². The molecule has 0 saturated carbocycles. The zero-order valence-corrected chi connectivity index (χ0v) is 9.10. The molecule has 0 atom stereocenters. The molecule has 1 saturated heterocycles. The Morgan fingerprint density at radius 2 is 2.27 bits per heavy atom. The molecule has 1 aromatic heterocycles. The van der Waals surface area contributed by atoms with Crippen LogP contribution in [0.15, 0.2) is 12.4 Å². The van der Waals surface area contributed by atoms with Crippen molar-refractivity contribution < 1.29 is 4.74 Å². The minimum atomic E-state index is -0.0940. The Morgan fingerprint density at radius 1 is 1.53 bits per heavy atom. The van der Waals surface area contributed by atoms with Crippen LogP contribution in [-0.4, -0.2) is 35.2 Å². The highest BCUT2D eigenvalue weighted by Gasteiger charge is 2.35. The van der Waals surface area contributed by atoms with Gasteiger partial charge in [-0.3, -0.25) is 4.98 Å². The second kappa shape index (κ2) is 3.66. The minimum absolute atomic E-state index is 0.0940. The lowest BCUT2D eigenvalue weighted by molar-refractivity contribution is 0.321. The number of hydrogen-bond acceptors (Lipinski definition) is 5. The molecular weight excluding hydrogens is 192 g/mol. The van der Waals surface area contributed by atoms with Crippen LogP contribution < -0.4 is 15.4 Å². The summed E-state index contributed by atoms with van der Waals surface area (Å²) in [5.74, 6) is 1.41. The first-order valence-corrected chi connectivity index (χ1v) is 5.09. The number of ether oxygens (including phenoxy) is 1. The molecule has 1 aliphatic heterocycles. The van der Waals surface area contributed by atoms with Crippen molar-refractivity contribution in [2.75, 3.05) is 24.6 Å². The van der Waals surface area contributed by atoms with E-state index in [0.717, 1.165) is 18.9 Å². The van der Waals surface area contributed by atoms with Crippen LogP contribution in [0.3, 0.4) is 0 Å². The van der Waals surface area contributed by atoms with Gasteiger partial charge >= 0.3 is 0 Å². The predicted octanol–water partition coefficient (Wildman–Crippen LogP) is 0.413. The second-order valence-electron chi connectivity index (χ2n) is 4.16. The molecule has 5 nitrogen and oxygen atoms in total. The van der Waals surface area contributed by atoms with Crippen molar-refractivity contribution in [2.24, 2.45) is 5.73 Å². The molecule has 0 aromatic carbocycles. The van der Waals surface area contributed by atoms with Gasteiger partial charge in [-0.25, -0.2) is 0 Å². The van der Waals surface area contributed by atoms with Crippen molar-refractivity contribution in [3.8, 4) is 5.88 Å². The van der Waals surface area contributed by atoms with E-state index in [2.05, 4.69) is 14.9 Å². The second-order valence-corrected chi connectivity index (χ2v) is 4.16. The first-order valence-electron chi connectivity index (χ1n) is 5.09. The standard InChI is InChI=1S/C10H16N4O/c1-3-15-9-5-12-4-8(13-9)14-6-10(2,11)7-14/h4-5H,3,6-7,11H2,1-2H3. The van der Waals surface area contributed by atoms with Gasteiger partial charge in [-0.15, -0.1) is 0 Å². The topological polar surface area (TPSA) is 64.3 Å². The normalized spacial score (nSPS) is 18.5. The van der Waals surface area contributed by atoms with Crippen LogP contribution in [0.4, 0.5) is 5.82 Å². The van der Waals surface area contributed by atoms with Crippen LogP contribution in [0.2, 0.25) is 0 Å². The van der Waals surface area contributed by atoms with Crippen LogP contribution in [0.1, 0.15) is 13.8 Å². The van der Waals surface area contributed by atoms with Crippen molar-refractivity contribution in [3.63, 3.8) is 0 Å². The molecule has 0 unspecified atom stereocenters. The molecule has 0 spiro atoms. The van der Waals surface area contributed by atoms with Gasteiger partial charge in [-0.2, -0.15) is 4.98 Å². The fourth-order valence-electron chi connectivity index (χ4n) is 1.70. The molecule has 1 fully saturated rings. The highest BCUT2D eigenvalue weighted by molar-refractivity contribution is 5.43. The van der Waals surface area contributed by atoms with E-state index >= 15 is 0 Å². The molecule has 15 heavy (non-hydrogen) atoms. The summed E-state index contributed by atoms with van der Waals surface area (Å²) in [5, 5.41) is 0. The molecule has 0 radical (unpaired) electrons. The zero-order chi connectivity index (χ0) is 10.9. The number of rotatable bonds is 3. The molecule has 1 aromatic rings. The summed E-state index contributed by atoms with van der Waals surface area (Å²) in [4.78, 5) is 10.5. The average Bonchev–Trinajstić information content (AvgIpc) is 2.15. The van der Waals surface area contributed by atoms with E-state index in [1.165, 1.54) is 0 Å². The number of anilines is 1. The van der Waals surface area contributed by atoms with E-state index < -0.39 is 0 Å². The van der Waals surface area contributed by atoms with Crippen LogP contribution in [-0.2, 0) is 0 Å². The third-order valence-electron chi connectivity index (χ3n) is 2.32. The average molecular weight is 208 g/mol. The number of nitrogens with two attached hydrogens (primary N) is 1. The number of nitrogens with zero attached hydrogens (tertiary/aromatic N) is 3. The van der Waals surface area contributed by atoms with Crippen molar-refractivity contribution in [1.82, 2.24) is 9.97 Å². The van der Waals surface area contributed by atoms with E-state index in [9.17, 15) is 0 Å². The Kier molecular flexibility index (Phi) is 2.48. The van der Waals surface area contributed by atoms with Crippen molar-refractivity contribution in [2.45, 2.75) is 19.4 Å². The van der Waals surface area contributed by atoms with Crippen molar-refractivity contribution in [1.29, 1.82) is 0 Å². The first-order chi connectivity index (χ1) is 7.11. The Morgan fingerprint density at radius 3 is 2.87 bits per heavy atom. The maximum absolute atomic E-state index is 5.92. The summed E-state index contributed by atoms with van der Waals surface area (Å²) in [7, 11) is 0. The first kappa shape index (κ1) is 10.2. The highest BCUT2D eigenvalue weighted by Crippen LogP contribution is 2.24. The summed E-state index contributed by atoms with van der Waals surface area (Å²) in [5.41, 5.74) is 5.83. The quantitative estimate of drug-likeness (QED) is 0.779. The van der Waals surface area contributed by atoms with Crippen molar-refractivity contribution >= 4 is 5.82 Å². The van der Waals surface area contributed by atoms with E-state index in [4.69, 9.17) is 10.5 Å². The Balaban J connectivity index is 2.06. The fourth-order valence-corrected chi connectivity index (χ4v) is 1.70. The summed E-state index contributed by atoms with van der Waals surface area (Å²) >= 11 is 0. The third kappa shape index (κ3) is 2.18. The number of aromatic nitrogens is 2. The van der Waals surface area contributed by atoms with Crippen LogP contribution in [0.25, 0.3) is 0 Å². The maximum Gasteiger partial charge on any atom is 0.234 e. The predicted molar refractivity (Wildman–Crippen MR) is 58.0 cm³/mol. The van der Waals surface area contributed by atoms with Crippen LogP contribution in [0.5, 0.6) is 5.88 Å². The summed E-state index contributed by atoms with van der Waals surface area (Å²) in [6, 6.07) is 0. The zero-order valence-electron chi connectivity index (χ0n) is 9.10. The largest absolute Gasteiger partial charge is 0.477 e. The van der Waals surface area contributed by atoms with Gasteiger partial charge in [-0.05, 0) is 13.8 Å². The Bertz CT molecular complexity index is 345. The van der Waals surface area contributed by atoms with E-state index in [1.54, 1.807) is 12.4 Å². The molecule has 2 N–H and O–H groups in total. The lowest BCUT2D eigenvalue weighted by Gasteiger charge is -2.45. The van der Waals surface area contributed by atoms with Gasteiger partial charge < -0.3 is 15.4 Å². The van der Waals surface area contributed by atoms with E-state index in [0.29, 0.717) is 12.5 Å². The van der Waals surface area contributed by atoms with Crippen LogP contribution in [0, 0.1) is 0 Å².